The van der Waals surface area contributed by atoms with Gasteiger partial charge in [-0.15, -0.1) is 0 Å². The Morgan fingerprint density at radius 3 is 2.15 bits per heavy atom. The maximum Gasteiger partial charge on any atom is 0.169 e. The summed E-state index contributed by atoms with van der Waals surface area (Å²) in [7, 11) is 0. The second-order valence-electron chi connectivity index (χ2n) is 4.46. The zero-order valence-electron chi connectivity index (χ0n) is 9.00. The van der Waals surface area contributed by atoms with Crippen molar-refractivity contribution in [2.24, 2.45) is 11.8 Å². The molecule has 2 unspecified atom stereocenters. The summed E-state index contributed by atoms with van der Waals surface area (Å²) in [6.07, 6.45) is 0. The lowest BCUT2D eigenvalue weighted by Crippen LogP contribution is -2.41. The molecule has 1 aliphatic rings. The Bertz CT molecular complexity index is 181. The van der Waals surface area contributed by atoms with E-state index in [0.29, 0.717) is 6.04 Å². The summed E-state index contributed by atoms with van der Waals surface area (Å²) in [5.41, 5.74) is 0. The molecule has 3 heteroatoms. The third-order valence-electron chi connectivity index (χ3n) is 2.69. The Kier molecular flexibility index (Phi) is 3.54. The largest absolute Gasteiger partial charge is 0.360 e. The van der Waals surface area contributed by atoms with Crippen LogP contribution in [0.3, 0.4) is 0 Å². The lowest BCUT2D eigenvalue weighted by atomic mass is 10.0. The van der Waals surface area contributed by atoms with Gasteiger partial charge < -0.3 is 10.2 Å². The molecule has 0 aromatic rings. The zero-order chi connectivity index (χ0) is 10.0. The van der Waals surface area contributed by atoms with E-state index in [2.05, 4.69) is 37.9 Å². The van der Waals surface area contributed by atoms with E-state index >= 15 is 0 Å². The van der Waals surface area contributed by atoms with Crippen LogP contribution in [0.5, 0.6) is 0 Å². The lowest BCUT2D eigenvalue weighted by molar-refractivity contribution is 0.475. The van der Waals surface area contributed by atoms with Crippen molar-refractivity contribution in [1.82, 2.24) is 10.2 Å². The summed E-state index contributed by atoms with van der Waals surface area (Å²) in [6.45, 7) is 11.1. The highest BCUT2D eigenvalue weighted by molar-refractivity contribution is 7.80. The molecular formula is C10H20N2S. The maximum absolute atomic E-state index is 5.31. The van der Waals surface area contributed by atoms with Gasteiger partial charge >= 0.3 is 0 Å². The van der Waals surface area contributed by atoms with E-state index in [1.807, 2.05) is 0 Å². The van der Waals surface area contributed by atoms with Crippen LogP contribution in [0.25, 0.3) is 0 Å². The summed E-state index contributed by atoms with van der Waals surface area (Å²) in [6, 6.07) is 0.443. The first kappa shape index (κ1) is 10.8. The van der Waals surface area contributed by atoms with Crippen LogP contribution in [0.1, 0.15) is 27.7 Å². The number of nitrogens with one attached hydrogen (secondary N) is 1. The molecule has 0 aromatic carbocycles. The number of nitrogens with zero attached hydrogens (tertiary/aromatic N) is 1. The molecule has 1 rings (SSSR count). The Balaban J connectivity index is 2.42. The van der Waals surface area contributed by atoms with Gasteiger partial charge in [0, 0.05) is 19.1 Å². The van der Waals surface area contributed by atoms with E-state index in [1.54, 1.807) is 0 Å². The van der Waals surface area contributed by atoms with Crippen LogP contribution in [0.2, 0.25) is 0 Å². The third kappa shape index (κ3) is 2.83. The highest BCUT2D eigenvalue weighted by atomic mass is 32.1. The first-order valence-electron chi connectivity index (χ1n) is 5.06. The summed E-state index contributed by atoms with van der Waals surface area (Å²) in [4.78, 5) is 2.28. The highest BCUT2D eigenvalue weighted by Gasteiger charge is 2.27. The van der Waals surface area contributed by atoms with Gasteiger partial charge in [-0.05, 0) is 37.9 Å². The molecule has 0 aromatic heterocycles. The van der Waals surface area contributed by atoms with Crippen molar-refractivity contribution in [2.45, 2.75) is 33.7 Å². The molecule has 2 atom stereocenters. The Hall–Kier alpha value is -0.310. The number of rotatable bonds is 1. The van der Waals surface area contributed by atoms with Crippen LogP contribution in [0.15, 0.2) is 0 Å². The molecule has 0 bridgehead atoms. The summed E-state index contributed by atoms with van der Waals surface area (Å²) < 4.78 is 0. The highest BCUT2D eigenvalue weighted by Crippen LogP contribution is 2.21. The van der Waals surface area contributed by atoms with Gasteiger partial charge in [0.05, 0.1) is 0 Å². The molecule has 76 valence electrons. The average Bonchev–Trinajstić information content (AvgIpc) is 2.31. The van der Waals surface area contributed by atoms with Crippen molar-refractivity contribution in [3.8, 4) is 0 Å². The smallest absolute Gasteiger partial charge is 0.169 e. The summed E-state index contributed by atoms with van der Waals surface area (Å²) >= 11 is 5.31. The SMILES string of the molecule is CC(C)NC(=S)N1CC(C)C(C)C1. The maximum atomic E-state index is 5.31. The monoisotopic (exact) mass is 200 g/mol. The van der Waals surface area contributed by atoms with Crippen LogP contribution >= 0.6 is 12.2 Å². The standard InChI is InChI=1S/C10H20N2S/c1-7(2)11-10(13)12-5-8(3)9(4)6-12/h7-9H,5-6H2,1-4H3,(H,11,13). The third-order valence-corrected chi connectivity index (χ3v) is 3.06. The molecule has 1 fully saturated rings. The minimum absolute atomic E-state index is 0.443. The number of likely N-dealkylation sites (tertiary alicyclic amines) is 1. The van der Waals surface area contributed by atoms with Crippen molar-refractivity contribution in [3.63, 3.8) is 0 Å². The van der Waals surface area contributed by atoms with E-state index in [9.17, 15) is 0 Å². The molecule has 1 N–H and O–H groups in total. The van der Waals surface area contributed by atoms with E-state index in [1.165, 1.54) is 0 Å². The molecule has 0 saturated carbocycles. The summed E-state index contributed by atoms with van der Waals surface area (Å²) in [5.74, 6) is 1.54. The predicted octanol–water partition coefficient (Wildman–Crippen LogP) is 1.86. The number of hydrogen-bond acceptors (Lipinski definition) is 1. The molecule has 13 heavy (non-hydrogen) atoms. The molecule has 1 aliphatic heterocycles. The summed E-state index contributed by atoms with van der Waals surface area (Å²) in [5, 5.41) is 4.21. The zero-order valence-corrected chi connectivity index (χ0v) is 9.82. The van der Waals surface area contributed by atoms with Crippen molar-refractivity contribution >= 4 is 17.3 Å². The second kappa shape index (κ2) is 4.27. The molecule has 0 aliphatic carbocycles. The molecule has 2 nitrogen and oxygen atoms in total. The fraction of sp³-hybridized carbons (Fsp3) is 0.900. The molecule has 0 amide bonds. The van der Waals surface area contributed by atoms with Crippen molar-refractivity contribution in [1.29, 1.82) is 0 Å². The fourth-order valence-electron chi connectivity index (χ4n) is 1.63. The Morgan fingerprint density at radius 1 is 1.31 bits per heavy atom. The fourth-order valence-corrected chi connectivity index (χ4v) is 2.02. The number of thiocarbonyl (C=S) groups is 1. The van der Waals surface area contributed by atoms with Crippen molar-refractivity contribution in [2.75, 3.05) is 13.1 Å². The minimum atomic E-state index is 0.443. The number of hydrogen-bond donors (Lipinski definition) is 1. The second-order valence-corrected chi connectivity index (χ2v) is 4.85. The van der Waals surface area contributed by atoms with Gasteiger partial charge in [-0.1, -0.05) is 13.8 Å². The van der Waals surface area contributed by atoms with Crippen LogP contribution in [0, 0.1) is 11.8 Å². The quantitative estimate of drug-likeness (QED) is 0.650. The van der Waals surface area contributed by atoms with Gasteiger partial charge in [0.2, 0.25) is 0 Å². The van der Waals surface area contributed by atoms with E-state index in [-0.39, 0.29) is 0 Å². The van der Waals surface area contributed by atoms with Gasteiger partial charge in [-0.25, -0.2) is 0 Å². The van der Waals surface area contributed by atoms with E-state index < -0.39 is 0 Å². The van der Waals surface area contributed by atoms with E-state index in [4.69, 9.17) is 12.2 Å². The Labute approximate surface area is 86.7 Å². The van der Waals surface area contributed by atoms with Crippen LogP contribution in [-0.2, 0) is 0 Å². The first-order chi connectivity index (χ1) is 6.00. The van der Waals surface area contributed by atoms with Crippen LogP contribution in [-0.4, -0.2) is 29.1 Å². The topological polar surface area (TPSA) is 15.3 Å². The van der Waals surface area contributed by atoms with Gasteiger partial charge in [0.15, 0.2) is 5.11 Å². The van der Waals surface area contributed by atoms with Crippen LogP contribution < -0.4 is 5.32 Å². The van der Waals surface area contributed by atoms with Crippen molar-refractivity contribution < 1.29 is 0 Å². The van der Waals surface area contributed by atoms with Gasteiger partial charge in [-0.2, -0.15) is 0 Å². The molecule has 0 spiro atoms. The molecule has 1 saturated heterocycles. The van der Waals surface area contributed by atoms with E-state index in [0.717, 1.165) is 30.0 Å². The van der Waals surface area contributed by atoms with Crippen LogP contribution in [0.4, 0.5) is 0 Å². The minimum Gasteiger partial charge on any atom is -0.360 e. The molecule has 0 radical (unpaired) electrons. The van der Waals surface area contributed by atoms with Gasteiger partial charge in [0.1, 0.15) is 0 Å². The molecule has 1 heterocycles. The normalized spacial score (nSPS) is 28.2. The predicted molar refractivity (Wildman–Crippen MR) is 60.8 cm³/mol. The van der Waals surface area contributed by atoms with Gasteiger partial charge in [-0.3, -0.25) is 0 Å². The van der Waals surface area contributed by atoms with Crippen molar-refractivity contribution in [3.05, 3.63) is 0 Å². The average molecular weight is 200 g/mol. The van der Waals surface area contributed by atoms with Gasteiger partial charge in [0.25, 0.3) is 0 Å². The Morgan fingerprint density at radius 2 is 1.77 bits per heavy atom. The lowest BCUT2D eigenvalue weighted by Gasteiger charge is -2.22. The molecular weight excluding hydrogens is 180 g/mol. The first-order valence-corrected chi connectivity index (χ1v) is 5.47.